The Balaban J connectivity index is 1.78. The zero-order chi connectivity index (χ0) is 19.2. The minimum Gasteiger partial charge on any atom is -0.497 e. The lowest BCUT2D eigenvalue weighted by Gasteiger charge is -2.10. The molecule has 1 N–H and O–H groups in total. The number of imidazole rings is 1. The summed E-state index contributed by atoms with van der Waals surface area (Å²) in [5.74, 6) is 1.87. The molecular formula is C20H21FN2O3S. The number of aliphatic hydroxyl groups is 1. The molecule has 3 aromatic rings. The maximum atomic E-state index is 13.1. The summed E-state index contributed by atoms with van der Waals surface area (Å²) in [6.07, 6.45) is 1.82. The second-order valence-corrected chi connectivity index (χ2v) is 6.88. The van der Waals surface area contributed by atoms with E-state index in [4.69, 9.17) is 9.47 Å². The molecule has 0 aliphatic heterocycles. The van der Waals surface area contributed by atoms with E-state index >= 15 is 0 Å². The molecule has 0 aliphatic rings. The van der Waals surface area contributed by atoms with E-state index in [1.54, 1.807) is 38.1 Å². The smallest absolute Gasteiger partial charge is 0.168 e. The average Bonchev–Trinajstić information content (AvgIpc) is 3.09. The van der Waals surface area contributed by atoms with E-state index < -0.39 is 0 Å². The van der Waals surface area contributed by atoms with Gasteiger partial charge in [-0.05, 0) is 35.4 Å². The number of aromatic nitrogens is 2. The Hall–Kier alpha value is -2.51. The lowest BCUT2D eigenvalue weighted by Crippen LogP contribution is -2.00. The molecule has 0 atom stereocenters. The summed E-state index contributed by atoms with van der Waals surface area (Å²) < 4.78 is 25.7. The molecule has 142 valence electrons. The Kier molecular flexibility index (Phi) is 6.36. The fourth-order valence-electron chi connectivity index (χ4n) is 2.64. The number of aliphatic hydroxyl groups excluding tert-OH is 1. The molecule has 0 amide bonds. The van der Waals surface area contributed by atoms with E-state index in [9.17, 15) is 9.50 Å². The predicted octanol–water partition coefficient (Wildman–Crippen LogP) is 3.87. The van der Waals surface area contributed by atoms with Gasteiger partial charge in [0.15, 0.2) is 5.16 Å². The van der Waals surface area contributed by atoms with Gasteiger partial charge in [-0.2, -0.15) is 0 Å². The maximum absolute atomic E-state index is 13.1. The summed E-state index contributed by atoms with van der Waals surface area (Å²) in [5.41, 5.74) is 2.60. The van der Waals surface area contributed by atoms with Crippen LogP contribution < -0.4 is 9.47 Å². The number of benzene rings is 2. The summed E-state index contributed by atoms with van der Waals surface area (Å²) in [6.45, 7) is 0.425. The van der Waals surface area contributed by atoms with Crippen LogP contribution in [-0.2, 0) is 18.9 Å². The van der Waals surface area contributed by atoms with Crippen LogP contribution in [0.1, 0.15) is 16.8 Å². The van der Waals surface area contributed by atoms with Gasteiger partial charge in [-0.1, -0.05) is 23.9 Å². The van der Waals surface area contributed by atoms with E-state index in [1.165, 1.54) is 12.1 Å². The van der Waals surface area contributed by atoms with Crippen LogP contribution in [-0.4, -0.2) is 28.9 Å². The van der Waals surface area contributed by atoms with E-state index in [0.29, 0.717) is 18.0 Å². The second kappa shape index (κ2) is 8.92. The summed E-state index contributed by atoms with van der Waals surface area (Å²) in [5, 5.41) is 10.2. The first-order valence-corrected chi connectivity index (χ1v) is 9.36. The van der Waals surface area contributed by atoms with Crippen molar-refractivity contribution in [3.63, 3.8) is 0 Å². The normalized spacial score (nSPS) is 10.8. The number of halogens is 1. The molecule has 0 unspecified atom stereocenters. The van der Waals surface area contributed by atoms with Crippen LogP contribution in [0.2, 0.25) is 0 Å². The van der Waals surface area contributed by atoms with Crippen molar-refractivity contribution in [2.45, 2.75) is 24.1 Å². The van der Waals surface area contributed by atoms with Gasteiger partial charge in [0.25, 0.3) is 0 Å². The number of ether oxygens (including phenoxy) is 2. The third-order valence-electron chi connectivity index (χ3n) is 4.00. The summed E-state index contributed by atoms with van der Waals surface area (Å²) in [6, 6.07) is 12.1. The van der Waals surface area contributed by atoms with E-state index in [2.05, 4.69) is 4.98 Å². The minimum atomic E-state index is -0.262. The Morgan fingerprint density at radius 2 is 1.70 bits per heavy atom. The first-order chi connectivity index (χ1) is 13.1. The highest BCUT2D eigenvalue weighted by molar-refractivity contribution is 7.98. The SMILES string of the molecule is COc1cc(CSc2nc(CO)cn2Cc2ccc(F)cc2)cc(OC)c1. The van der Waals surface area contributed by atoms with Crippen LogP contribution >= 0.6 is 11.8 Å². The van der Waals surface area contributed by atoms with Crippen molar-refractivity contribution in [1.29, 1.82) is 0 Å². The topological polar surface area (TPSA) is 56.5 Å². The van der Waals surface area contributed by atoms with Gasteiger partial charge >= 0.3 is 0 Å². The van der Waals surface area contributed by atoms with Crippen LogP contribution in [0, 0.1) is 5.82 Å². The van der Waals surface area contributed by atoms with Gasteiger partial charge in [0.05, 0.1) is 26.5 Å². The van der Waals surface area contributed by atoms with Gasteiger partial charge in [0.1, 0.15) is 17.3 Å². The minimum absolute atomic E-state index is 0.128. The Bertz CT molecular complexity index is 874. The molecule has 0 spiro atoms. The van der Waals surface area contributed by atoms with Crippen LogP contribution in [0.4, 0.5) is 4.39 Å². The number of hydrogen-bond donors (Lipinski definition) is 1. The van der Waals surface area contributed by atoms with Gasteiger partial charge in [-0.25, -0.2) is 9.37 Å². The molecular weight excluding hydrogens is 367 g/mol. The van der Waals surface area contributed by atoms with Crippen molar-refractivity contribution in [3.8, 4) is 11.5 Å². The first kappa shape index (κ1) is 19.3. The third-order valence-corrected chi connectivity index (χ3v) is 5.06. The van der Waals surface area contributed by atoms with Crippen LogP contribution in [0.5, 0.6) is 11.5 Å². The molecule has 0 saturated heterocycles. The molecule has 3 rings (SSSR count). The maximum Gasteiger partial charge on any atom is 0.168 e. The summed E-state index contributed by atoms with van der Waals surface area (Å²) in [4.78, 5) is 4.48. The van der Waals surface area contributed by atoms with Crippen LogP contribution in [0.15, 0.2) is 53.8 Å². The number of rotatable bonds is 8. The lowest BCUT2D eigenvalue weighted by atomic mass is 10.2. The van der Waals surface area contributed by atoms with Crippen molar-refractivity contribution >= 4 is 11.8 Å². The van der Waals surface area contributed by atoms with Gasteiger partial charge in [-0.3, -0.25) is 0 Å². The van der Waals surface area contributed by atoms with Gasteiger partial charge < -0.3 is 19.1 Å². The van der Waals surface area contributed by atoms with Crippen LogP contribution in [0.3, 0.4) is 0 Å². The Labute approximate surface area is 161 Å². The van der Waals surface area contributed by atoms with Crippen molar-refractivity contribution in [1.82, 2.24) is 9.55 Å². The lowest BCUT2D eigenvalue weighted by molar-refractivity contribution is 0.277. The molecule has 1 aromatic heterocycles. The van der Waals surface area contributed by atoms with Crippen molar-refractivity contribution < 1.29 is 19.0 Å². The molecule has 5 nitrogen and oxygen atoms in total. The van der Waals surface area contributed by atoms with Gasteiger partial charge in [0, 0.05) is 24.6 Å². The largest absolute Gasteiger partial charge is 0.497 e. The number of methoxy groups -OCH3 is 2. The molecule has 27 heavy (non-hydrogen) atoms. The molecule has 0 aliphatic carbocycles. The molecule has 1 heterocycles. The summed E-state index contributed by atoms with van der Waals surface area (Å²) >= 11 is 1.55. The molecule has 0 bridgehead atoms. The zero-order valence-electron chi connectivity index (χ0n) is 15.2. The fourth-order valence-corrected chi connectivity index (χ4v) is 3.57. The highest BCUT2D eigenvalue weighted by Crippen LogP contribution is 2.28. The Morgan fingerprint density at radius 1 is 1.04 bits per heavy atom. The molecule has 0 saturated carbocycles. The first-order valence-electron chi connectivity index (χ1n) is 8.37. The average molecular weight is 388 g/mol. The number of hydrogen-bond acceptors (Lipinski definition) is 5. The van der Waals surface area contributed by atoms with Gasteiger partial charge in [-0.15, -0.1) is 0 Å². The van der Waals surface area contributed by atoms with Crippen LogP contribution in [0.25, 0.3) is 0 Å². The molecule has 7 heteroatoms. The third kappa shape index (κ3) is 5.02. The summed E-state index contributed by atoms with van der Waals surface area (Å²) in [7, 11) is 3.24. The van der Waals surface area contributed by atoms with E-state index in [1.807, 2.05) is 29.0 Å². The standard InChI is InChI=1S/C20H21FN2O3S/c1-25-18-7-15(8-19(9-18)26-2)13-27-20-22-17(12-24)11-23(20)10-14-3-5-16(21)6-4-14/h3-9,11,24H,10,12-13H2,1-2H3. The van der Waals surface area contributed by atoms with E-state index in [0.717, 1.165) is 27.8 Å². The zero-order valence-corrected chi connectivity index (χ0v) is 16.0. The number of nitrogens with zero attached hydrogens (tertiary/aromatic N) is 2. The molecule has 0 fully saturated rings. The number of thioether (sulfide) groups is 1. The monoisotopic (exact) mass is 388 g/mol. The van der Waals surface area contributed by atoms with E-state index in [-0.39, 0.29) is 12.4 Å². The Morgan fingerprint density at radius 3 is 2.30 bits per heavy atom. The quantitative estimate of drug-likeness (QED) is 0.594. The van der Waals surface area contributed by atoms with Crippen molar-refractivity contribution in [2.24, 2.45) is 0 Å². The van der Waals surface area contributed by atoms with Crippen molar-refractivity contribution in [2.75, 3.05) is 14.2 Å². The van der Waals surface area contributed by atoms with Crippen molar-refractivity contribution in [3.05, 3.63) is 71.3 Å². The molecule has 2 aromatic carbocycles. The van der Waals surface area contributed by atoms with Gasteiger partial charge in [0.2, 0.25) is 0 Å². The highest BCUT2D eigenvalue weighted by atomic mass is 32.2. The predicted molar refractivity (Wildman–Crippen MR) is 103 cm³/mol. The highest BCUT2D eigenvalue weighted by Gasteiger charge is 2.11. The second-order valence-electron chi connectivity index (χ2n) is 5.94. The fraction of sp³-hybridized carbons (Fsp3) is 0.250. The molecule has 0 radical (unpaired) electrons.